The van der Waals surface area contributed by atoms with Crippen LogP contribution in [0.2, 0.25) is 0 Å². The molecule has 25 aromatic rings. The van der Waals surface area contributed by atoms with Crippen LogP contribution in [0.15, 0.2) is 508 Å². The van der Waals surface area contributed by atoms with Gasteiger partial charge in [-0.25, -0.2) is 0 Å². The van der Waals surface area contributed by atoms with E-state index in [9.17, 15) is 0 Å². The number of hydrogen-bond acceptors (Lipinski definition) is 0. The minimum atomic E-state index is 1.09. The maximum Gasteiger partial charge on any atom is 0.0547 e. The van der Waals surface area contributed by atoms with E-state index >= 15 is 0 Å². The molecule has 0 saturated carbocycles. The van der Waals surface area contributed by atoms with Crippen molar-refractivity contribution in [1.29, 1.82) is 0 Å². The quantitative estimate of drug-likeness (QED) is 0.130. The highest BCUT2D eigenvalue weighted by Crippen LogP contribution is 2.42. The van der Waals surface area contributed by atoms with Gasteiger partial charge in [-0.05, 0) is 250 Å². The molecule has 0 aliphatic rings. The number of para-hydroxylation sites is 10. The van der Waals surface area contributed by atoms with Gasteiger partial charge in [-0.2, -0.15) is 0 Å². The van der Waals surface area contributed by atoms with E-state index in [1.165, 1.54) is 193 Å². The van der Waals surface area contributed by atoms with E-state index in [1.807, 2.05) is 0 Å². The van der Waals surface area contributed by atoms with Gasteiger partial charge in [0.05, 0.1) is 55.2 Å². The normalized spacial score (nSPS) is 11.3. The van der Waals surface area contributed by atoms with Crippen LogP contribution in [0, 0.1) is 0 Å². The predicted molar refractivity (Wildman–Crippen MR) is 570 cm³/mol. The monoisotopic (exact) mass is 1990 g/mol. The van der Waals surface area contributed by atoms with Gasteiger partial charge in [0.2, 0.25) is 0 Å². The molecule has 0 radical (unpaired) electrons. The molecule has 10 heteroatoms. The number of aromatic nitrogens is 5. The highest BCUT2D eigenvalue weighted by atomic mass is 79.9. The highest BCUT2D eigenvalue weighted by molar-refractivity contribution is 9.11. The summed E-state index contributed by atoms with van der Waals surface area (Å²) in [7, 11) is 0. The molecule has 0 aliphatic carbocycles. The molecular formula is C120H80Br5N5. The Morgan fingerprint density at radius 1 is 0.108 bits per heavy atom. The Bertz CT molecular complexity index is 8400. The Balaban J connectivity index is 0.0000000983. The second-order valence-corrected chi connectivity index (χ2v) is 36.7. The van der Waals surface area contributed by atoms with Crippen LogP contribution < -0.4 is 0 Å². The van der Waals surface area contributed by atoms with Crippen molar-refractivity contribution in [3.8, 4) is 84.1 Å². The number of nitrogens with zero attached hydrogens (tertiary/aromatic N) is 5. The lowest BCUT2D eigenvalue weighted by molar-refractivity contribution is 1.18. The second-order valence-electron chi connectivity index (χ2n) is 32.1. The zero-order chi connectivity index (χ0) is 87.5. The maximum absolute atomic E-state index is 3.58. The third-order valence-electron chi connectivity index (χ3n) is 24.3. The lowest BCUT2D eigenvalue weighted by Crippen LogP contribution is -1.94. The van der Waals surface area contributed by atoms with Gasteiger partial charge in [0.25, 0.3) is 0 Å². The summed E-state index contributed by atoms with van der Waals surface area (Å²) < 4.78 is 17.2. The number of rotatable bonds is 10. The summed E-state index contributed by atoms with van der Waals surface area (Å²) in [5, 5.41) is 12.8. The summed E-state index contributed by atoms with van der Waals surface area (Å²) in [5.41, 5.74) is 30.5. The molecule has 0 spiro atoms. The molecule has 0 saturated heterocycles. The van der Waals surface area contributed by atoms with E-state index in [2.05, 4.69) is 588 Å². The first-order valence-electron chi connectivity index (χ1n) is 43.3. The SMILES string of the molecule is Brc1ccc(-c2ccc3c(c2)c2ccccc2n3-c2ccccc2)cc1.Brc1ccc(-c2ccc3c4ccccc4n(-c4ccccc4)c3c2)cc1.Brc1cccc(-c2ccc3c(c2)c2ccccc2n3-c2ccccc2)c1.Brc1cccc(-c2ccc3c4ccccc4n(-c4ccccc4)c3c2)c1.Brc1cccc(-c2cccc(-n3c4ccccc4c4ccccc43)c2)c1. The van der Waals surface area contributed by atoms with Gasteiger partial charge in [-0.3, -0.25) is 0 Å². The van der Waals surface area contributed by atoms with E-state index in [0.717, 1.165) is 22.4 Å². The van der Waals surface area contributed by atoms with Gasteiger partial charge >= 0.3 is 0 Å². The van der Waals surface area contributed by atoms with Gasteiger partial charge in [0.1, 0.15) is 0 Å². The molecule has 620 valence electrons. The molecular weight excluding hydrogens is 1910 g/mol. The van der Waals surface area contributed by atoms with Crippen LogP contribution in [0.3, 0.4) is 0 Å². The fourth-order valence-corrected chi connectivity index (χ4v) is 20.1. The molecule has 0 bridgehead atoms. The average molecular weight is 1990 g/mol. The Morgan fingerprint density at radius 3 is 0.638 bits per heavy atom. The van der Waals surface area contributed by atoms with Gasteiger partial charge in [0, 0.05) is 105 Å². The van der Waals surface area contributed by atoms with Gasteiger partial charge < -0.3 is 22.8 Å². The first-order chi connectivity index (χ1) is 64.0. The Hall–Kier alpha value is -14.2. The van der Waals surface area contributed by atoms with Crippen molar-refractivity contribution < 1.29 is 0 Å². The van der Waals surface area contributed by atoms with Crippen molar-refractivity contribution in [2.45, 2.75) is 0 Å². The van der Waals surface area contributed by atoms with Crippen molar-refractivity contribution in [2.24, 2.45) is 0 Å². The summed E-state index contributed by atoms with van der Waals surface area (Å²) in [6.07, 6.45) is 0. The number of hydrogen-bond donors (Lipinski definition) is 0. The molecule has 0 N–H and O–H groups in total. The molecule has 0 unspecified atom stereocenters. The van der Waals surface area contributed by atoms with Crippen LogP contribution in [-0.2, 0) is 0 Å². The van der Waals surface area contributed by atoms with E-state index in [1.54, 1.807) is 0 Å². The van der Waals surface area contributed by atoms with Crippen LogP contribution in [-0.4, -0.2) is 22.8 Å². The van der Waals surface area contributed by atoms with Crippen molar-refractivity contribution in [3.05, 3.63) is 508 Å². The zero-order valence-corrected chi connectivity index (χ0v) is 78.2. The van der Waals surface area contributed by atoms with Gasteiger partial charge in [0.15, 0.2) is 0 Å². The summed E-state index contributed by atoms with van der Waals surface area (Å²) in [4.78, 5) is 0. The molecule has 0 aliphatic heterocycles. The standard InChI is InChI=1S/5C24H16BrN/c25-19-9-5-7-17(15-19)18-8-6-10-20(16-18)26-23-13-3-1-11-21(23)22-12-2-4-14-24(22)26;25-19-8-6-7-17(15-19)18-13-14-24-22(16-18)21-11-4-5-12-23(21)26(24)20-9-2-1-3-10-20;25-19-8-6-7-17(15-19)18-13-14-22-21-11-4-5-12-23(21)26(24(22)16-18)20-9-2-1-3-10-20;25-19-13-10-17(11-14-19)18-12-15-24-22(16-18)21-8-4-5-9-23(21)26(24)20-6-2-1-3-7-20;25-19-13-10-17(11-14-19)18-12-15-22-21-8-4-5-9-23(21)26(24(22)16-18)20-6-2-1-3-7-20/h5*1-16H. The molecule has 130 heavy (non-hydrogen) atoms. The van der Waals surface area contributed by atoms with E-state index < -0.39 is 0 Å². The molecule has 25 rings (SSSR count). The number of fused-ring (bicyclic) bond motifs is 15. The summed E-state index contributed by atoms with van der Waals surface area (Å²) >= 11 is 17.8. The molecule has 20 aromatic carbocycles. The lowest BCUT2D eigenvalue weighted by atomic mass is 10.0. The summed E-state index contributed by atoms with van der Waals surface area (Å²) in [6.45, 7) is 0. The van der Waals surface area contributed by atoms with E-state index in [0.29, 0.717) is 0 Å². The Kier molecular flexibility index (Phi) is 23.5. The fraction of sp³-hybridized carbons (Fsp3) is 0. The second kappa shape index (κ2) is 36.9. The zero-order valence-electron chi connectivity index (χ0n) is 70.3. The van der Waals surface area contributed by atoms with Crippen LogP contribution >= 0.6 is 79.6 Å². The maximum atomic E-state index is 3.58. The molecule has 0 amide bonds. The van der Waals surface area contributed by atoms with Gasteiger partial charge in [-0.15, -0.1) is 0 Å². The van der Waals surface area contributed by atoms with Gasteiger partial charge in [-0.1, -0.05) is 371 Å². The molecule has 0 fully saturated rings. The highest BCUT2D eigenvalue weighted by Gasteiger charge is 2.20. The van der Waals surface area contributed by atoms with Crippen LogP contribution in [0.1, 0.15) is 0 Å². The Labute approximate surface area is 796 Å². The molecule has 5 heterocycles. The minimum absolute atomic E-state index is 1.09. The summed E-state index contributed by atoms with van der Waals surface area (Å²) in [5.74, 6) is 0. The minimum Gasteiger partial charge on any atom is -0.309 e. The van der Waals surface area contributed by atoms with Crippen molar-refractivity contribution in [1.82, 2.24) is 22.8 Å². The van der Waals surface area contributed by atoms with Crippen molar-refractivity contribution in [2.75, 3.05) is 0 Å². The smallest absolute Gasteiger partial charge is 0.0547 e. The molecule has 0 atom stereocenters. The third kappa shape index (κ3) is 16.5. The molecule has 5 aromatic heterocycles. The first-order valence-corrected chi connectivity index (χ1v) is 47.3. The topological polar surface area (TPSA) is 24.6 Å². The first kappa shape index (κ1) is 82.8. The average Bonchev–Trinajstić information content (AvgIpc) is 1.62. The van der Waals surface area contributed by atoms with Crippen molar-refractivity contribution >= 4 is 189 Å². The largest absolute Gasteiger partial charge is 0.309 e. The summed E-state index contributed by atoms with van der Waals surface area (Å²) in [6, 6.07) is 172. The predicted octanol–water partition coefficient (Wildman–Crippen LogP) is 36.1. The molecule has 5 nitrogen and oxygen atoms in total. The van der Waals surface area contributed by atoms with Crippen LogP contribution in [0.5, 0.6) is 0 Å². The van der Waals surface area contributed by atoms with E-state index in [-0.39, 0.29) is 0 Å². The third-order valence-corrected chi connectivity index (χ3v) is 26.8. The van der Waals surface area contributed by atoms with Crippen molar-refractivity contribution in [3.63, 3.8) is 0 Å². The van der Waals surface area contributed by atoms with Crippen LogP contribution in [0.25, 0.3) is 193 Å². The van der Waals surface area contributed by atoms with Crippen LogP contribution in [0.4, 0.5) is 0 Å². The lowest BCUT2D eigenvalue weighted by Gasteiger charge is -2.10. The Morgan fingerprint density at radius 2 is 0.315 bits per heavy atom. The number of benzene rings is 20. The number of halogens is 5. The van der Waals surface area contributed by atoms with E-state index in [4.69, 9.17) is 0 Å². The fourth-order valence-electron chi connectivity index (χ4n) is 18.3.